The number of pyridine rings is 2. The predicted molar refractivity (Wildman–Crippen MR) is 114 cm³/mol. The van der Waals surface area contributed by atoms with Crippen LogP contribution in [0.5, 0.6) is 0 Å². The lowest BCUT2D eigenvalue weighted by atomic mass is 10.1. The van der Waals surface area contributed by atoms with Gasteiger partial charge in [0.25, 0.3) is 5.91 Å². The van der Waals surface area contributed by atoms with Crippen molar-refractivity contribution in [3.05, 3.63) is 78.1 Å². The van der Waals surface area contributed by atoms with Crippen molar-refractivity contribution in [1.29, 1.82) is 0 Å². The summed E-state index contributed by atoms with van der Waals surface area (Å²) in [6.07, 6.45) is 3.35. The number of hydrogen-bond donors (Lipinski definition) is 2. The zero-order valence-electron chi connectivity index (χ0n) is 16.4. The number of carbonyl (C=O) groups is 2. The third-order valence-electron chi connectivity index (χ3n) is 4.41. The minimum atomic E-state index is -0.223. The van der Waals surface area contributed by atoms with Crippen LogP contribution in [0.15, 0.2) is 67.0 Å². The van der Waals surface area contributed by atoms with E-state index in [1.54, 1.807) is 48.8 Å². The van der Waals surface area contributed by atoms with Crippen LogP contribution >= 0.6 is 0 Å². The second-order valence-corrected chi connectivity index (χ2v) is 6.44. The molecule has 0 saturated carbocycles. The molecule has 0 saturated heterocycles. The molecule has 2 heterocycles. The van der Waals surface area contributed by atoms with Crippen molar-refractivity contribution < 1.29 is 9.59 Å². The minimum absolute atomic E-state index is 0.118. The highest BCUT2D eigenvalue weighted by Gasteiger charge is 2.20. The third-order valence-corrected chi connectivity index (χ3v) is 4.41. The van der Waals surface area contributed by atoms with Crippen LogP contribution in [0.25, 0.3) is 0 Å². The van der Waals surface area contributed by atoms with E-state index >= 15 is 0 Å². The third kappa shape index (κ3) is 5.16. The van der Waals surface area contributed by atoms with Crippen LogP contribution in [0.1, 0.15) is 22.3 Å². The summed E-state index contributed by atoms with van der Waals surface area (Å²) in [5.74, 6) is 0.546. The molecule has 0 atom stereocenters. The fourth-order valence-electron chi connectivity index (χ4n) is 2.92. The maximum atomic E-state index is 13.2. The van der Waals surface area contributed by atoms with Crippen LogP contribution in [0.4, 0.5) is 17.3 Å². The Kier molecular flexibility index (Phi) is 6.52. The zero-order chi connectivity index (χ0) is 20.6. The van der Waals surface area contributed by atoms with E-state index < -0.39 is 0 Å². The molecule has 0 aliphatic heterocycles. The molecule has 148 valence electrons. The number of hydrogen-bond acceptors (Lipinski definition) is 5. The molecule has 1 aromatic carbocycles. The minimum Gasteiger partial charge on any atom is -0.388 e. The lowest BCUT2D eigenvalue weighted by Crippen LogP contribution is -2.34. The molecule has 7 nitrogen and oxygen atoms in total. The number of carbonyl (C=O) groups excluding carboxylic acids is 2. The van der Waals surface area contributed by atoms with Gasteiger partial charge >= 0.3 is 0 Å². The average molecular weight is 389 g/mol. The van der Waals surface area contributed by atoms with Crippen LogP contribution < -0.4 is 15.5 Å². The molecule has 0 fully saturated rings. The molecule has 3 rings (SSSR count). The number of aryl methyl sites for hydroxylation is 1. The summed E-state index contributed by atoms with van der Waals surface area (Å²) < 4.78 is 0. The highest BCUT2D eigenvalue weighted by molar-refractivity contribution is 6.06. The van der Waals surface area contributed by atoms with Gasteiger partial charge in [-0.25, -0.2) is 9.97 Å². The van der Waals surface area contributed by atoms with Gasteiger partial charge in [0.2, 0.25) is 5.91 Å². The Morgan fingerprint density at radius 3 is 2.38 bits per heavy atom. The Bertz CT molecular complexity index is 977. The van der Waals surface area contributed by atoms with Gasteiger partial charge in [0.15, 0.2) is 0 Å². The standard InChI is InChI=1S/C22H23N5O2/c1-16-15-17(9-10-18(16)23-2)22(29)27(20-8-4-6-13-25-20)14-11-21(28)26-19-7-3-5-12-24-19/h3-10,12-13,15,23H,11,14H2,1-2H3,(H,24,26,28). The number of rotatable bonds is 7. The van der Waals surface area contributed by atoms with E-state index in [2.05, 4.69) is 20.6 Å². The van der Waals surface area contributed by atoms with E-state index in [-0.39, 0.29) is 24.8 Å². The maximum absolute atomic E-state index is 13.2. The second-order valence-electron chi connectivity index (χ2n) is 6.44. The fraction of sp³-hybridized carbons (Fsp3) is 0.182. The molecule has 0 spiro atoms. The largest absolute Gasteiger partial charge is 0.388 e. The molecule has 2 amide bonds. The van der Waals surface area contributed by atoms with E-state index in [4.69, 9.17) is 0 Å². The number of amides is 2. The molecule has 0 aliphatic carbocycles. The topological polar surface area (TPSA) is 87.2 Å². The van der Waals surface area contributed by atoms with Crippen LogP contribution in [0.2, 0.25) is 0 Å². The van der Waals surface area contributed by atoms with Gasteiger partial charge in [0.1, 0.15) is 11.6 Å². The van der Waals surface area contributed by atoms with Crippen molar-refractivity contribution in [1.82, 2.24) is 9.97 Å². The Balaban J connectivity index is 1.77. The van der Waals surface area contributed by atoms with E-state index in [0.29, 0.717) is 17.2 Å². The van der Waals surface area contributed by atoms with Crippen molar-refractivity contribution in [2.24, 2.45) is 0 Å². The smallest absolute Gasteiger partial charge is 0.259 e. The number of anilines is 3. The molecular formula is C22H23N5O2. The van der Waals surface area contributed by atoms with Gasteiger partial charge in [-0.2, -0.15) is 0 Å². The van der Waals surface area contributed by atoms with E-state index in [9.17, 15) is 9.59 Å². The number of nitrogens with zero attached hydrogens (tertiary/aromatic N) is 3. The summed E-state index contributed by atoms with van der Waals surface area (Å²) in [6.45, 7) is 2.13. The van der Waals surface area contributed by atoms with E-state index in [1.807, 2.05) is 32.2 Å². The summed E-state index contributed by atoms with van der Waals surface area (Å²) in [5.41, 5.74) is 2.46. The first-order chi connectivity index (χ1) is 14.1. The van der Waals surface area contributed by atoms with Crippen LogP contribution in [-0.2, 0) is 4.79 Å². The Hall–Kier alpha value is -3.74. The first kappa shape index (κ1) is 20.0. The summed E-state index contributed by atoms with van der Waals surface area (Å²) >= 11 is 0. The molecule has 7 heteroatoms. The molecule has 2 N–H and O–H groups in total. The quantitative estimate of drug-likeness (QED) is 0.646. The van der Waals surface area contributed by atoms with Crippen molar-refractivity contribution >= 4 is 29.1 Å². The first-order valence-electron chi connectivity index (χ1n) is 9.30. The van der Waals surface area contributed by atoms with Gasteiger partial charge in [0, 0.05) is 43.7 Å². The number of aromatic nitrogens is 2. The van der Waals surface area contributed by atoms with Gasteiger partial charge in [-0.1, -0.05) is 12.1 Å². The van der Waals surface area contributed by atoms with Gasteiger partial charge in [0.05, 0.1) is 0 Å². The molecule has 0 radical (unpaired) electrons. The summed E-state index contributed by atoms with van der Waals surface area (Å²) in [4.78, 5) is 35.4. The van der Waals surface area contributed by atoms with E-state index in [1.165, 1.54) is 4.90 Å². The Morgan fingerprint density at radius 1 is 1.00 bits per heavy atom. The molecule has 0 bridgehead atoms. The summed E-state index contributed by atoms with van der Waals surface area (Å²) in [5, 5.41) is 5.82. The molecule has 0 unspecified atom stereocenters. The number of nitrogens with one attached hydrogen (secondary N) is 2. The molecule has 2 aromatic heterocycles. The van der Waals surface area contributed by atoms with Crippen molar-refractivity contribution in [3.63, 3.8) is 0 Å². The first-order valence-corrected chi connectivity index (χ1v) is 9.30. The summed E-state index contributed by atoms with van der Waals surface area (Å²) in [7, 11) is 1.84. The highest BCUT2D eigenvalue weighted by Crippen LogP contribution is 2.20. The lowest BCUT2D eigenvalue weighted by molar-refractivity contribution is -0.116. The molecule has 3 aromatic rings. The maximum Gasteiger partial charge on any atom is 0.259 e. The van der Waals surface area contributed by atoms with Gasteiger partial charge in [-0.15, -0.1) is 0 Å². The van der Waals surface area contributed by atoms with Gasteiger partial charge in [-0.05, 0) is 55.0 Å². The van der Waals surface area contributed by atoms with Crippen LogP contribution in [0.3, 0.4) is 0 Å². The van der Waals surface area contributed by atoms with Crippen LogP contribution in [-0.4, -0.2) is 35.4 Å². The average Bonchev–Trinajstić information content (AvgIpc) is 2.75. The lowest BCUT2D eigenvalue weighted by Gasteiger charge is -2.22. The SMILES string of the molecule is CNc1ccc(C(=O)N(CCC(=O)Nc2ccccn2)c2ccccn2)cc1C. The predicted octanol–water partition coefficient (Wildman–Crippen LogP) is 3.50. The molecular weight excluding hydrogens is 366 g/mol. The van der Waals surface area contributed by atoms with Crippen molar-refractivity contribution in [2.45, 2.75) is 13.3 Å². The summed E-state index contributed by atoms with van der Waals surface area (Å²) in [6, 6.07) is 16.1. The van der Waals surface area contributed by atoms with Gasteiger partial charge in [-0.3, -0.25) is 14.5 Å². The Labute approximate surface area is 169 Å². The van der Waals surface area contributed by atoms with Crippen molar-refractivity contribution in [3.8, 4) is 0 Å². The molecule has 0 aliphatic rings. The Morgan fingerprint density at radius 2 is 1.76 bits per heavy atom. The fourth-order valence-corrected chi connectivity index (χ4v) is 2.92. The van der Waals surface area contributed by atoms with Gasteiger partial charge < -0.3 is 10.6 Å². The van der Waals surface area contributed by atoms with E-state index in [0.717, 1.165) is 11.3 Å². The second kappa shape index (κ2) is 9.45. The normalized spacial score (nSPS) is 10.3. The van der Waals surface area contributed by atoms with Crippen molar-refractivity contribution in [2.75, 3.05) is 29.1 Å². The zero-order valence-corrected chi connectivity index (χ0v) is 16.4. The monoisotopic (exact) mass is 389 g/mol. The number of benzene rings is 1. The highest BCUT2D eigenvalue weighted by atomic mass is 16.2. The van der Waals surface area contributed by atoms with Crippen LogP contribution in [0, 0.1) is 6.92 Å². The molecule has 29 heavy (non-hydrogen) atoms.